The number of piperazine rings is 1. The summed E-state index contributed by atoms with van der Waals surface area (Å²) < 4.78 is 0. The van der Waals surface area contributed by atoms with E-state index in [2.05, 4.69) is 33.9 Å². The van der Waals surface area contributed by atoms with Crippen molar-refractivity contribution in [3.8, 4) is 11.3 Å². The Balaban J connectivity index is 0.00000101. The Morgan fingerprint density at radius 2 is 1.80 bits per heavy atom. The largest absolute Gasteiger partial charge is 0.483 e. The van der Waals surface area contributed by atoms with Crippen molar-refractivity contribution in [1.29, 1.82) is 0 Å². The lowest BCUT2D eigenvalue weighted by Gasteiger charge is -2.35. The Kier molecular flexibility index (Phi) is 9.17. The van der Waals surface area contributed by atoms with Crippen LogP contribution in [0, 0.1) is 0 Å². The van der Waals surface area contributed by atoms with Crippen molar-refractivity contribution in [2.75, 3.05) is 59.1 Å². The Hall–Kier alpha value is -3.04. The van der Waals surface area contributed by atoms with Crippen LogP contribution in [0.3, 0.4) is 0 Å². The summed E-state index contributed by atoms with van der Waals surface area (Å²) in [5.41, 5.74) is 8.00. The van der Waals surface area contributed by atoms with Crippen molar-refractivity contribution in [1.82, 2.24) is 24.7 Å². The lowest BCUT2D eigenvalue weighted by molar-refractivity contribution is -0.122. The zero-order chi connectivity index (χ0) is 21.9. The second-order valence-electron chi connectivity index (χ2n) is 7.30. The zero-order valence-electron chi connectivity index (χ0n) is 17.6. The quantitative estimate of drug-likeness (QED) is 0.676. The summed E-state index contributed by atoms with van der Waals surface area (Å²) in [6, 6.07) is 7.50. The first-order valence-corrected chi connectivity index (χ1v) is 9.86. The Labute approximate surface area is 177 Å². The normalized spacial score (nSPS) is 14.2. The van der Waals surface area contributed by atoms with E-state index in [-0.39, 0.29) is 12.4 Å². The molecule has 0 unspecified atom stereocenters. The monoisotopic (exact) mass is 414 g/mol. The number of rotatable bonds is 6. The van der Waals surface area contributed by atoms with Crippen molar-refractivity contribution < 1.29 is 14.7 Å². The number of hydrogen-bond donors (Lipinski definition) is 2. The van der Waals surface area contributed by atoms with E-state index in [1.54, 1.807) is 6.20 Å². The number of amides is 1. The average Bonchev–Trinajstić information content (AvgIpc) is 2.74. The number of carboxylic acid groups (broad SMARTS) is 1. The second-order valence-corrected chi connectivity index (χ2v) is 7.30. The number of hydrogen-bond acceptors (Lipinski definition) is 7. The van der Waals surface area contributed by atoms with Gasteiger partial charge in [-0.2, -0.15) is 0 Å². The van der Waals surface area contributed by atoms with Crippen molar-refractivity contribution in [2.45, 2.75) is 6.42 Å². The van der Waals surface area contributed by atoms with Crippen LogP contribution >= 0.6 is 0 Å². The second kappa shape index (κ2) is 11.8. The van der Waals surface area contributed by atoms with E-state index in [0.29, 0.717) is 17.1 Å². The van der Waals surface area contributed by atoms with Crippen molar-refractivity contribution in [3.05, 3.63) is 42.2 Å². The van der Waals surface area contributed by atoms with E-state index in [9.17, 15) is 4.79 Å². The smallest absolute Gasteiger partial charge is 0.290 e. The van der Waals surface area contributed by atoms with Gasteiger partial charge in [-0.1, -0.05) is 12.1 Å². The fourth-order valence-corrected chi connectivity index (χ4v) is 3.27. The molecule has 3 rings (SSSR count). The maximum Gasteiger partial charge on any atom is 0.290 e. The Bertz CT molecular complexity index is 805. The highest BCUT2D eigenvalue weighted by atomic mass is 16.3. The SMILES string of the molecule is CN(C)CCCN1CCN(C(=O)c2ccc(-c3cncc(N)n3)cc2)CC1.O=CO. The standard InChI is InChI=1S/C20H28N6O.CH2O2/c1-24(2)8-3-9-25-10-12-26(13-11-25)20(27)17-6-4-16(5-7-17)18-14-22-15-19(21)23-18;2-1-3/h4-7,14-15H,3,8-13H2,1-2H3,(H2,21,23);1H,(H,2,3). The van der Waals surface area contributed by atoms with Gasteiger partial charge in [-0.3, -0.25) is 19.5 Å². The average molecular weight is 415 g/mol. The van der Waals surface area contributed by atoms with Gasteiger partial charge in [0.25, 0.3) is 12.4 Å². The van der Waals surface area contributed by atoms with Gasteiger partial charge >= 0.3 is 0 Å². The lowest BCUT2D eigenvalue weighted by Crippen LogP contribution is -2.49. The fraction of sp³-hybridized carbons (Fsp3) is 0.429. The molecule has 1 fully saturated rings. The van der Waals surface area contributed by atoms with Gasteiger partial charge in [-0.25, -0.2) is 4.98 Å². The maximum atomic E-state index is 12.8. The summed E-state index contributed by atoms with van der Waals surface area (Å²) in [6.07, 6.45) is 4.35. The van der Waals surface area contributed by atoms with E-state index >= 15 is 0 Å². The van der Waals surface area contributed by atoms with Crippen LogP contribution in [0.1, 0.15) is 16.8 Å². The van der Waals surface area contributed by atoms with Crippen LogP contribution in [-0.4, -0.2) is 95.5 Å². The molecule has 1 amide bonds. The van der Waals surface area contributed by atoms with E-state index in [1.807, 2.05) is 29.2 Å². The molecule has 0 aliphatic carbocycles. The molecular weight excluding hydrogens is 384 g/mol. The topological polar surface area (TPSA) is 116 Å². The molecule has 1 aliphatic heterocycles. The van der Waals surface area contributed by atoms with Crippen LogP contribution in [0.2, 0.25) is 0 Å². The number of carbonyl (C=O) groups excluding carboxylic acids is 1. The van der Waals surface area contributed by atoms with Gasteiger partial charge in [0.05, 0.1) is 18.1 Å². The van der Waals surface area contributed by atoms with E-state index < -0.39 is 0 Å². The lowest BCUT2D eigenvalue weighted by atomic mass is 10.1. The van der Waals surface area contributed by atoms with Crippen LogP contribution in [-0.2, 0) is 4.79 Å². The third kappa shape index (κ3) is 7.09. The van der Waals surface area contributed by atoms with Gasteiger partial charge in [0, 0.05) is 37.3 Å². The van der Waals surface area contributed by atoms with Gasteiger partial charge in [-0.05, 0) is 45.7 Å². The third-order valence-electron chi connectivity index (χ3n) is 4.82. The van der Waals surface area contributed by atoms with Crippen LogP contribution in [0.4, 0.5) is 5.82 Å². The summed E-state index contributed by atoms with van der Waals surface area (Å²) in [5, 5.41) is 6.89. The van der Waals surface area contributed by atoms with Gasteiger partial charge in [0.2, 0.25) is 0 Å². The molecule has 1 aromatic heterocycles. The Morgan fingerprint density at radius 1 is 1.17 bits per heavy atom. The minimum Gasteiger partial charge on any atom is -0.483 e. The molecule has 0 bridgehead atoms. The molecule has 9 heteroatoms. The molecule has 0 spiro atoms. The summed E-state index contributed by atoms with van der Waals surface area (Å²) in [6.45, 7) is 5.39. The molecule has 30 heavy (non-hydrogen) atoms. The van der Waals surface area contributed by atoms with Crippen LogP contribution in [0.25, 0.3) is 11.3 Å². The summed E-state index contributed by atoms with van der Waals surface area (Å²) in [5.74, 6) is 0.476. The minimum absolute atomic E-state index is 0.0909. The molecule has 0 saturated carbocycles. The molecule has 0 radical (unpaired) electrons. The number of aromatic nitrogens is 2. The molecule has 1 aliphatic rings. The number of nitrogen functional groups attached to an aromatic ring is 1. The highest BCUT2D eigenvalue weighted by molar-refractivity contribution is 5.94. The molecule has 162 valence electrons. The van der Waals surface area contributed by atoms with Crippen LogP contribution < -0.4 is 5.73 Å². The molecular formula is C21H30N6O3. The van der Waals surface area contributed by atoms with Gasteiger partial charge in [0.15, 0.2) is 0 Å². The maximum absolute atomic E-state index is 12.8. The predicted molar refractivity (Wildman–Crippen MR) is 116 cm³/mol. The fourth-order valence-electron chi connectivity index (χ4n) is 3.27. The number of nitrogens with zero attached hydrogens (tertiary/aromatic N) is 5. The first-order valence-electron chi connectivity index (χ1n) is 9.86. The number of anilines is 1. The summed E-state index contributed by atoms with van der Waals surface area (Å²) >= 11 is 0. The third-order valence-corrected chi connectivity index (χ3v) is 4.82. The van der Waals surface area contributed by atoms with Gasteiger partial charge in [0.1, 0.15) is 5.82 Å². The molecule has 1 aromatic carbocycles. The molecule has 2 aromatic rings. The molecule has 2 heterocycles. The van der Waals surface area contributed by atoms with E-state index in [1.165, 1.54) is 6.20 Å². The first-order chi connectivity index (χ1) is 14.4. The zero-order valence-corrected chi connectivity index (χ0v) is 17.6. The molecule has 3 N–H and O–H groups in total. The highest BCUT2D eigenvalue weighted by Crippen LogP contribution is 2.18. The van der Waals surface area contributed by atoms with E-state index in [0.717, 1.165) is 51.3 Å². The van der Waals surface area contributed by atoms with Gasteiger partial charge in [-0.15, -0.1) is 0 Å². The van der Waals surface area contributed by atoms with E-state index in [4.69, 9.17) is 15.6 Å². The number of benzene rings is 1. The minimum atomic E-state index is -0.250. The molecule has 1 saturated heterocycles. The molecule has 9 nitrogen and oxygen atoms in total. The predicted octanol–water partition coefficient (Wildman–Crippen LogP) is 1.14. The summed E-state index contributed by atoms with van der Waals surface area (Å²) in [7, 11) is 4.20. The van der Waals surface area contributed by atoms with Crippen molar-refractivity contribution in [2.24, 2.45) is 0 Å². The summed E-state index contributed by atoms with van der Waals surface area (Å²) in [4.78, 5) is 36.0. The Morgan fingerprint density at radius 3 is 2.37 bits per heavy atom. The van der Waals surface area contributed by atoms with Gasteiger partial charge < -0.3 is 20.6 Å². The van der Waals surface area contributed by atoms with Crippen molar-refractivity contribution in [3.63, 3.8) is 0 Å². The van der Waals surface area contributed by atoms with Crippen LogP contribution in [0.15, 0.2) is 36.7 Å². The molecule has 0 atom stereocenters. The van der Waals surface area contributed by atoms with Crippen molar-refractivity contribution >= 4 is 18.2 Å². The van der Waals surface area contributed by atoms with Crippen LogP contribution in [0.5, 0.6) is 0 Å². The first kappa shape index (κ1) is 23.2. The highest BCUT2D eigenvalue weighted by Gasteiger charge is 2.21. The number of carbonyl (C=O) groups is 2. The number of nitrogens with two attached hydrogens (primary N) is 1.